The van der Waals surface area contributed by atoms with Gasteiger partial charge in [-0.1, -0.05) is 13.3 Å². The monoisotopic (exact) mass is 292 g/mol. The lowest BCUT2D eigenvalue weighted by atomic mass is 9.50. The topological polar surface area (TPSA) is 69.7 Å². The molecule has 0 amide bonds. The molecule has 0 saturated heterocycles. The van der Waals surface area contributed by atoms with Crippen molar-refractivity contribution in [3.8, 4) is 0 Å². The largest absolute Gasteiger partial charge is 0.469 e. The van der Waals surface area contributed by atoms with Crippen LogP contribution in [-0.4, -0.2) is 25.0 Å². The Kier molecular flexibility index (Phi) is 3.01. The molecule has 114 valence electrons. The quantitative estimate of drug-likeness (QED) is 0.547. The van der Waals surface area contributed by atoms with Crippen molar-refractivity contribution in [1.82, 2.24) is 0 Å². The Balaban J connectivity index is 2.10. The second kappa shape index (κ2) is 4.42. The number of hydrogen-bond donors (Lipinski definition) is 0. The highest BCUT2D eigenvalue weighted by atomic mass is 16.6. The van der Waals surface area contributed by atoms with Crippen molar-refractivity contribution in [2.45, 2.75) is 46.0 Å². The maximum absolute atomic E-state index is 12.3. The Morgan fingerprint density at radius 3 is 2.62 bits per heavy atom. The summed E-state index contributed by atoms with van der Waals surface area (Å²) in [6.07, 6.45) is 3.60. The van der Waals surface area contributed by atoms with Crippen LogP contribution in [-0.2, 0) is 23.9 Å². The first kappa shape index (κ1) is 14.3. The lowest BCUT2D eigenvalue weighted by molar-refractivity contribution is -0.164. The first-order chi connectivity index (χ1) is 9.84. The molecule has 5 nitrogen and oxygen atoms in total. The van der Waals surface area contributed by atoms with Crippen LogP contribution in [0.1, 0.15) is 46.0 Å². The van der Waals surface area contributed by atoms with Crippen LogP contribution in [0.4, 0.5) is 0 Å². The van der Waals surface area contributed by atoms with Crippen LogP contribution < -0.4 is 0 Å². The van der Waals surface area contributed by atoms with E-state index in [9.17, 15) is 14.4 Å². The summed E-state index contributed by atoms with van der Waals surface area (Å²) in [7, 11) is 1.40. The van der Waals surface area contributed by atoms with Crippen molar-refractivity contribution in [3.63, 3.8) is 0 Å². The Bertz CT molecular complexity index is 575. The lowest BCUT2D eigenvalue weighted by Gasteiger charge is -2.52. The first-order valence-corrected chi connectivity index (χ1v) is 7.43. The third kappa shape index (κ3) is 1.72. The third-order valence-electron chi connectivity index (χ3n) is 5.77. The molecule has 1 aliphatic heterocycles. The van der Waals surface area contributed by atoms with E-state index in [1.165, 1.54) is 7.11 Å². The molecule has 21 heavy (non-hydrogen) atoms. The Morgan fingerprint density at radius 1 is 1.24 bits per heavy atom. The number of fused-ring (bicyclic) bond motifs is 2. The number of rotatable bonds is 1. The van der Waals surface area contributed by atoms with Gasteiger partial charge >= 0.3 is 17.9 Å². The van der Waals surface area contributed by atoms with Crippen LogP contribution in [0.2, 0.25) is 0 Å². The Labute approximate surface area is 123 Å². The third-order valence-corrected chi connectivity index (χ3v) is 5.77. The zero-order chi connectivity index (χ0) is 15.4. The molecule has 0 unspecified atom stereocenters. The number of carbonyl (C=O) groups is 3. The number of methoxy groups -OCH3 is 1. The molecule has 0 aromatic rings. The van der Waals surface area contributed by atoms with E-state index in [1.807, 2.05) is 13.8 Å². The van der Waals surface area contributed by atoms with Crippen molar-refractivity contribution in [2.24, 2.45) is 16.7 Å². The molecule has 0 N–H and O–H groups in total. The normalized spacial score (nSPS) is 38.7. The van der Waals surface area contributed by atoms with Crippen LogP contribution in [0.25, 0.3) is 0 Å². The number of carbonyl (C=O) groups excluding carboxylic acids is 3. The summed E-state index contributed by atoms with van der Waals surface area (Å²) >= 11 is 0. The minimum atomic E-state index is -0.605. The highest BCUT2D eigenvalue weighted by Crippen LogP contribution is 2.61. The summed E-state index contributed by atoms with van der Waals surface area (Å²) < 4.78 is 9.82. The standard InChI is InChI=1S/C16H20O5/c1-15-7-4-8-16(2,14(19)20-3)10(15)6-5-9-11(15)13(18)21-12(9)17/h10H,4-8H2,1-3H3/t10-,15+,16+/m1/s1. The van der Waals surface area contributed by atoms with E-state index >= 15 is 0 Å². The average molecular weight is 292 g/mol. The number of cyclic esters (lactones) is 2. The molecule has 0 bridgehead atoms. The van der Waals surface area contributed by atoms with Crippen molar-refractivity contribution >= 4 is 17.9 Å². The van der Waals surface area contributed by atoms with Crippen molar-refractivity contribution < 1.29 is 23.9 Å². The molecule has 0 radical (unpaired) electrons. The average Bonchev–Trinajstić information content (AvgIpc) is 2.73. The van der Waals surface area contributed by atoms with Crippen molar-refractivity contribution in [2.75, 3.05) is 7.11 Å². The van der Waals surface area contributed by atoms with Gasteiger partial charge in [-0.05, 0) is 38.5 Å². The van der Waals surface area contributed by atoms with Crippen LogP contribution in [0.5, 0.6) is 0 Å². The highest BCUT2D eigenvalue weighted by molar-refractivity contribution is 6.13. The first-order valence-electron chi connectivity index (χ1n) is 7.43. The Hall–Kier alpha value is -1.65. The minimum absolute atomic E-state index is 0.00315. The van der Waals surface area contributed by atoms with Crippen LogP contribution >= 0.6 is 0 Å². The summed E-state index contributed by atoms with van der Waals surface area (Å²) in [5, 5.41) is 0. The molecule has 0 spiro atoms. The predicted molar refractivity (Wildman–Crippen MR) is 72.9 cm³/mol. The zero-order valence-electron chi connectivity index (χ0n) is 12.7. The van der Waals surface area contributed by atoms with E-state index in [-0.39, 0.29) is 11.9 Å². The fraction of sp³-hybridized carbons (Fsp3) is 0.688. The van der Waals surface area contributed by atoms with E-state index < -0.39 is 22.8 Å². The van der Waals surface area contributed by atoms with Crippen LogP contribution in [0.3, 0.4) is 0 Å². The predicted octanol–water partition coefficient (Wildman–Crippen LogP) is 2.15. The van der Waals surface area contributed by atoms with Gasteiger partial charge in [0, 0.05) is 11.0 Å². The SMILES string of the molecule is COC(=O)[C@@]1(C)CCC[C@]2(C)C3=C(CC[C@@H]12)C(=O)OC3=O. The zero-order valence-corrected chi connectivity index (χ0v) is 12.7. The van der Waals surface area contributed by atoms with E-state index in [1.54, 1.807) is 0 Å². The highest BCUT2D eigenvalue weighted by Gasteiger charge is 2.60. The minimum Gasteiger partial charge on any atom is -0.469 e. The maximum atomic E-state index is 12.3. The molecule has 2 aliphatic carbocycles. The fourth-order valence-electron chi connectivity index (χ4n) is 4.80. The lowest BCUT2D eigenvalue weighted by Crippen LogP contribution is -2.51. The van der Waals surface area contributed by atoms with E-state index in [2.05, 4.69) is 0 Å². The van der Waals surface area contributed by atoms with Gasteiger partial charge in [-0.25, -0.2) is 9.59 Å². The fourth-order valence-corrected chi connectivity index (χ4v) is 4.80. The molecule has 1 saturated carbocycles. The van der Waals surface area contributed by atoms with Gasteiger partial charge in [-0.3, -0.25) is 4.79 Å². The van der Waals surface area contributed by atoms with Gasteiger partial charge in [0.2, 0.25) is 0 Å². The van der Waals surface area contributed by atoms with Gasteiger partial charge in [-0.15, -0.1) is 0 Å². The number of esters is 3. The summed E-state index contributed by atoms with van der Waals surface area (Å²) in [5.41, 5.74) is -0.0454. The van der Waals surface area contributed by atoms with Crippen LogP contribution in [0, 0.1) is 16.7 Å². The van der Waals surface area contributed by atoms with Gasteiger partial charge in [0.05, 0.1) is 18.1 Å². The van der Waals surface area contributed by atoms with Gasteiger partial charge in [-0.2, -0.15) is 0 Å². The Morgan fingerprint density at radius 2 is 1.95 bits per heavy atom. The maximum Gasteiger partial charge on any atom is 0.343 e. The summed E-state index contributed by atoms with van der Waals surface area (Å²) in [5.74, 6) is -1.24. The van der Waals surface area contributed by atoms with E-state index in [0.717, 1.165) is 19.3 Å². The molecular formula is C16H20O5. The van der Waals surface area contributed by atoms with Gasteiger partial charge < -0.3 is 9.47 Å². The second-order valence-corrected chi connectivity index (χ2v) is 6.80. The molecule has 3 atom stereocenters. The number of ether oxygens (including phenoxy) is 2. The summed E-state index contributed by atoms with van der Waals surface area (Å²) in [4.78, 5) is 36.2. The van der Waals surface area contributed by atoms with Crippen LogP contribution in [0.15, 0.2) is 11.1 Å². The molecule has 5 heteroatoms. The van der Waals surface area contributed by atoms with Gasteiger partial charge in [0.15, 0.2) is 0 Å². The second-order valence-electron chi connectivity index (χ2n) is 6.80. The molecule has 3 aliphatic rings. The number of hydrogen-bond acceptors (Lipinski definition) is 5. The van der Waals surface area contributed by atoms with E-state index in [0.29, 0.717) is 24.0 Å². The molecule has 0 aromatic carbocycles. The van der Waals surface area contributed by atoms with Crippen molar-refractivity contribution in [1.29, 1.82) is 0 Å². The molecular weight excluding hydrogens is 272 g/mol. The van der Waals surface area contributed by atoms with Crippen molar-refractivity contribution in [3.05, 3.63) is 11.1 Å². The summed E-state index contributed by atoms with van der Waals surface area (Å²) in [6, 6.07) is 0. The van der Waals surface area contributed by atoms with Gasteiger partial charge in [0.25, 0.3) is 0 Å². The molecule has 1 fully saturated rings. The van der Waals surface area contributed by atoms with E-state index in [4.69, 9.17) is 9.47 Å². The molecule has 3 rings (SSSR count). The van der Waals surface area contributed by atoms with Gasteiger partial charge in [0.1, 0.15) is 0 Å². The summed E-state index contributed by atoms with van der Waals surface area (Å²) in [6.45, 7) is 3.92. The smallest absolute Gasteiger partial charge is 0.343 e. The molecule has 0 aromatic heterocycles. The molecule has 1 heterocycles.